The quantitative estimate of drug-likeness (QED) is 0.656. The van der Waals surface area contributed by atoms with Gasteiger partial charge in [0.2, 0.25) is 5.89 Å². The smallest absolute Gasteiger partial charge is 0.387 e. The standard InChI is InChI=1S/C21H26F2N4O4/c1-12-10-27(7-6-25-12)20(28)18-17(9-24)30-19(26-18)14-4-5-15(31-21(22)23)16(8-14)29-11-13-2-3-13/h4-5,8,12-13,21,25H,2-3,6-7,9-11,24H2,1H3. The van der Waals surface area contributed by atoms with Crippen LogP contribution in [0, 0.1) is 5.92 Å². The van der Waals surface area contributed by atoms with Gasteiger partial charge in [0.25, 0.3) is 5.91 Å². The molecule has 1 aliphatic carbocycles. The summed E-state index contributed by atoms with van der Waals surface area (Å²) in [6.45, 7) is 1.29. The lowest BCUT2D eigenvalue weighted by Crippen LogP contribution is -2.51. The van der Waals surface area contributed by atoms with E-state index < -0.39 is 6.61 Å². The maximum Gasteiger partial charge on any atom is 0.387 e. The summed E-state index contributed by atoms with van der Waals surface area (Å²) >= 11 is 0. The highest BCUT2D eigenvalue weighted by atomic mass is 19.3. The minimum absolute atomic E-state index is 0.00727. The summed E-state index contributed by atoms with van der Waals surface area (Å²) in [5.74, 6) is 0.759. The highest BCUT2D eigenvalue weighted by Gasteiger charge is 2.28. The van der Waals surface area contributed by atoms with Crippen LogP contribution in [0.1, 0.15) is 36.0 Å². The fourth-order valence-electron chi connectivity index (χ4n) is 3.49. The van der Waals surface area contributed by atoms with E-state index in [-0.39, 0.29) is 47.3 Å². The van der Waals surface area contributed by atoms with E-state index in [0.717, 1.165) is 12.8 Å². The molecule has 2 heterocycles. The van der Waals surface area contributed by atoms with Gasteiger partial charge in [0.05, 0.1) is 13.2 Å². The van der Waals surface area contributed by atoms with Crippen LogP contribution in [-0.4, -0.2) is 54.7 Å². The number of benzene rings is 1. The van der Waals surface area contributed by atoms with Gasteiger partial charge in [-0.05, 0) is 43.9 Å². The van der Waals surface area contributed by atoms with E-state index in [2.05, 4.69) is 15.0 Å². The number of alkyl halides is 2. The maximum atomic E-state index is 13.0. The van der Waals surface area contributed by atoms with Crippen molar-refractivity contribution in [1.29, 1.82) is 0 Å². The average Bonchev–Trinajstić information content (AvgIpc) is 3.48. The number of oxazole rings is 1. The Morgan fingerprint density at radius 2 is 2.19 bits per heavy atom. The van der Waals surface area contributed by atoms with Crippen LogP contribution in [0.2, 0.25) is 0 Å². The van der Waals surface area contributed by atoms with Crippen molar-refractivity contribution >= 4 is 5.91 Å². The molecule has 1 aliphatic heterocycles. The van der Waals surface area contributed by atoms with Crippen LogP contribution in [0.4, 0.5) is 8.78 Å². The third kappa shape index (κ3) is 5.13. The molecule has 1 unspecified atom stereocenters. The third-order valence-electron chi connectivity index (χ3n) is 5.32. The van der Waals surface area contributed by atoms with E-state index >= 15 is 0 Å². The molecule has 31 heavy (non-hydrogen) atoms. The van der Waals surface area contributed by atoms with E-state index in [1.165, 1.54) is 18.2 Å². The number of aromatic nitrogens is 1. The summed E-state index contributed by atoms with van der Waals surface area (Å²) in [6, 6.07) is 4.64. The molecule has 0 radical (unpaired) electrons. The Bertz CT molecular complexity index is 932. The topological polar surface area (TPSA) is 103 Å². The Balaban J connectivity index is 1.60. The number of piperazine rings is 1. The van der Waals surface area contributed by atoms with Crippen LogP contribution < -0.4 is 20.5 Å². The van der Waals surface area contributed by atoms with Crippen LogP contribution in [-0.2, 0) is 6.54 Å². The zero-order valence-electron chi connectivity index (χ0n) is 17.3. The number of carbonyl (C=O) groups is 1. The van der Waals surface area contributed by atoms with Gasteiger partial charge < -0.3 is 29.8 Å². The van der Waals surface area contributed by atoms with E-state index in [1.54, 1.807) is 4.90 Å². The number of amides is 1. The number of carbonyl (C=O) groups excluding carboxylic acids is 1. The van der Waals surface area contributed by atoms with E-state index in [9.17, 15) is 13.6 Å². The van der Waals surface area contributed by atoms with E-state index in [0.29, 0.717) is 37.7 Å². The van der Waals surface area contributed by atoms with E-state index in [4.69, 9.17) is 14.9 Å². The molecular weight excluding hydrogens is 410 g/mol. The predicted octanol–water partition coefficient (Wildman–Crippen LogP) is 2.62. The summed E-state index contributed by atoms with van der Waals surface area (Å²) in [6.07, 6.45) is 2.11. The van der Waals surface area contributed by atoms with Crippen molar-refractivity contribution in [2.45, 2.75) is 39.0 Å². The Morgan fingerprint density at radius 3 is 2.87 bits per heavy atom. The molecule has 2 fully saturated rings. The van der Waals surface area contributed by atoms with Crippen LogP contribution >= 0.6 is 0 Å². The lowest BCUT2D eigenvalue weighted by molar-refractivity contribution is -0.0515. The van der Waals surface area contributed by atoms with Gasteiger partial charge in [0.15, 0.2) is 23.0 Å². The van der Waals surface area contributed by atoms with Crippen molar-refractivity contribution in [2.75, 3.05) is 26.2 Å². The van der Waals surface area contributed by atoms with Gasteiger partial charge in [-0.1, -0.05) is 0 Å². The van der Waals surface area contributed by atoms with Gasteiger partial charge in [-0.25, -0.2) is 4.98 Å². The van der Waals surface area contributed by atoms with Crippen LogP contribution in [0.5, 0.6) is 11.5 Å². The monoisotopic (exact) mass is 436 g/mol. The van der Waals surface area contributed by atoms with Crippen molar-refractivity contribution in [3.63, 3.8) is 0 Å². The molecule has 4 rings (SSSR count). The van der Waals surface area contributed by atoms with Gasteiger partial charge in [-0.2, -0.15) is 8.78 Å². The molecule has 2 aliphatic rings. The van der Waals surface area contributed by atoms with Gasteiger partial charge in [0.1, 0.15) is 0 Å². The Hall–Kier alpha value is -2.72. The molecule has 1 aromatic carbocycles. The Kier molecular flexibility index (Phi) is 6.38. The number of ether oxygens (including phenoxy) is 2. The Morgan fingerprint density at radius 1 is 1.39 bits per heavy atom. The first-order valence-corrected chi connectivity index (χ1v) is 10.4. The largest absolute Gasteiger partial charge is 0.489 e. The number of nitrogens with one attached hydrogen (secondary N) is 1. The van der Waals surface area contributed by atoms with Crippen molar-refractivity contribution < 1.29 is 27.5 Å². The molecule has 3 N–H and O–H groups in total. The number of hydrogen-bond acceptors (Lipinski definition) is 7. The molecule has 0 spiro atoms. The molecule has 1 amide bonds. The fourth-order valence-corrected chi connectivity index (χ4v) is 3.49. The molecule has 0 bridgehead atoms. The van der Waals surface area contributed by atoms with Crippen LogP contribution in [0.25, 0.3) is 11.5 Å². The molecule has 1 saturated carbocycles. The zero-order chi connectivity index (χ0) is 22.0. The molecule has 1 atom stereocenters. The number of rotatable bonds is 8. The Labute approximate surface area is 178 Å². The van der Waals surface area contributed by atoms with Crippen molar-refractivity contribution in [1.82, 2.24) is 15.2 Å². The highest BCUT2D eigenvalue weighted by molar-refractivity contribution is 5.94. The summed E-state index contributed by atoms with van der Waals surface area (Å²) in [5.41, 5.74) is 6.44. The molecule has 1 aromatic heterocycles. The van der Waals surface area contributed by atoms with Crippen LogP contribution in [0.3, 0.4) is 0 Å². The molecular formula is C21H26F2N4O4. The summed E-state index contributed by atoms with van der Waals surface area (Å²) in [7, 11) is 0. The summed E-state index contributed by atoms with van der Waals surface area (Å²) in [5, 5.41) is 3.29. The SMILES string of the molecule is CC1CN(C(=O)c2nc(-c3ccc(OC(F)F)c(OCC4CC4)c3)oc2CN)CCN1. The lowest BCUT2D eigenvalue weighted by atomic mass is 10.2. The minimum atomic E-state index is -2.97. The second-order valence-electron chi connectivity index (χ2n) is 7.90. The molecule has 10 heteroatoms. The first-order valence-electron chi connectivity index (χ1n) is 10.4. The van der Waals surface area contributed by atoms with Crippen molar-refractivity contribution in [3.8, 4) is 23.0 Å². The van der Waals surface area contributed by atoms with Crippen molar-refractivity contribution in [3.05, 3.63) is 29.7 Å². The van der Waals surface area contributed by atoms with Crippen molar-refractivity contribution in [2.24, 2.45) is 11.7 Å². The number of nitrogens with zero attached hydrogens (tertiary/aromatic N) is 2. The number of halogens is 2. The molecule has 1 saturated heterocycles. The van der Waals surface area contributed by atoms with Gasteiger partial charge in [-0.3, -0.25) is 4.79 Å². The molecule has 2 aromatic rings. The minimum Gasteiger partial charge on any atom is -0.489 e. The zero-order valence-corrected chi connectivity index (χ0v) is 17.3. The summed E-state index contributed by atoms with van der Waals surface area (Å²) < 4.78 is 41.6. The number of hydrogen-bond donors (Lipinski definition) is 2. The van der Waals surface area contributed by atoms with Gasteiger partial charge in [-0.15, -0.1) is 0 Å². The van der Waals surface area contributed by atoms with Gasteiger partial charge in [0, 0.05) is 31.2 Å². The predicted molar refractivity (Wildman–Crippen MR) is 108 cm³/mol. The second kappa shape index (κ2) is 9.19. The summed E-state index contributed by atoms with van der Waals surface area (Å²) in [4.78, 5) is 19.1. The third-order valence-corrected chi connectivity index (χ3v) is 5.32. The molecule has 8 nitrogen and oxygen atoms in total. The van der Waals surface area contributed by atoms with Crippen LogP contribution in [0.15, 0.2) is 22.6 Å². The van der Waals surface area contributed by atoms with E-state index in [1.807, 2.05) is 6.92 Å². The normalized spacial score (nSPS) is 19.0. The average molecular weight is 436 g/mol. The number of nitrogens with two attached hydrogens (primary N) is 1. The maximum absolute atomic E-state index is 13.0. The highest BCUT2D eigenvalue weighted by Crippen LogP contribution is 2.36. The first-order chi connectivity index (χ1) is 14.9. The lowest BCUT2D eigenvalue weighted by Gasteiger charge is -2.31. The second-order valence-corrected chi connectivity index (χ2v) is 7.90. The first kappa shape index (κ1) is 21.5. The van der Waals surface area contributed by atoms with Gasteiger partial charge >= 0.3 is 6.61 Å². The molecule has 168 valence electrons. The fraction of sp³-hybridized carbons (Fsp3) is 0.524.